The topological polar surface area (TPSA) is 0 Å². The monoisotopic (exact) mass is 198 g/mol. The molecule has 0 heterocycles. The van der Waals surface area contributed by atoms with Crippen molar-refractivity contribution in [1.29, 1.82) is 0 Å². The van der Waals surface area contributed by atoms with Crippen molar-refractivity contribution < 1.29 is 0 Å². The molecular weight excluding hydrogens is 168 g/mol. The van der Waals surface area contributed by atoms with Gasteiger partial charge in [-0.15, -0.1) is 0 Å². The van der Waals surface area contributed by atoms with Gasteiger partial charge in [-0.25, -0.2) is 0 Å². The molecule has 0 N–H and O–H groups in total. The molecule has 14 heavy (non-hydrogen) atoms. The highest BCUT2D eigenvalue weighted by atomic mass is 14.5. The largest absolute Gasteiger partial charge is 0.0683 e. The molecule has 0 saturated heterocycles. The Balaban J connectivity index is 0.000000791. The van der Waals surface area contributed by atoms with Gasteiger partial charge in [0, 0.05) is 0 Å². The third kappa shape index (κ3) is 4.48. The van der Waals surface area contributed by atoms with E-state index in [9.17, 15) is 0 Å². The third-order valence-corrected chi connectivity index (χ3v) is 3.57. The predicted octanol–water partition coefficient (Wildman–Crippen LogP) is 5.42. The maximum Gasteiger partial charge on any atom is -0.0297 e. The van der Waals surface area contributed by atoms with Crippen LogP contribution in [0.1, 0.15) is 79.6 Å². The summed E-state index contributed by atoms with van der Waals surface area (Å²) in [5.41, 5.74) is 0.769. The molecule has 1 saturated carbocycles. The van der Waals surface area contributed by atoms with Crippen molar-refractivity contribution in [2.45, 2.75) is 79.6 Å². The van der Waals surface area contributed by atoms with Crippen molar-refractivity contribution in [2.75, 3.05) is 0 Å². The molecule has 1 rings (SSSR count). The van der Waals surface area contributed by atoms with Crippen LogP contribution in [0.5, 0.6) is 0 Å². The minimum Gasteiger partial charge on any atom is -0.0683 e. The van der Waals surface area contributed by atoms with E-state index in [-0.39, 0.29) is 0 Å². The highest BCUT2D eigenvalue weighted by molar-refractivity contribution is 4.94. The van der Waals surface area contributed by atoms with E-state index in [1.54, 1.807) is 0 Å². The van der Waals surface area contributed by atoms with E-state index in [1.165, 1.54) is 44.9 Å². The zero-order valence-corrected chi connectivity index (χ0v) is 11.0. The maximum atomic E-state index is 2.49. The lowest BCUT2D eigenvalue weighted by atomic mass is 9.83. The molecule has 0 aliphatic heterocycles. The van der Waals surface area contributed by atoms with E-state index >= 15 is 0 Å². The van der Waals surface area contributed by atoms with E-state index in [4.69, 9.17) is 0 Å². The number of hydrogen-bond donors (Lipinski definition) is 0. The molecule has 0 radical (unpaired) electrons. The number of hydrogen-bond acceptors (Lipinski definition) is 0. The first-order chi connectivity index (χ1) is 6.73. The Kier molecular flexibility index (Phi) is 7.31. The summed E-state index contributed by atoms with van der Waals surface area (Å²) in [7, 11) is 0. The van der Waals surface area contributed by atoms with E-state index < -0.39 is 0 Å². The van der Waals surface area contributed by atoms with Crippen LogP contribution in [0, 0.1) is 11.3 Å². The smallest absolute Gasteiger partial charge is 0.0297 e. The summed E-state index contributed by atoms with van der Waals surface area (Å²) in [6, 6.07) is 0. The molecule has 1 fully saturated rings. The van der Waals surface area contributed by atoms with Crippen molar-refractivity contribution in [3.63, 3.8) is 0 Å². The van der Waals surface area contributed by atoms with Crippen LogP contribution in [0.25, 0.3) is 0 Å². The van der Waals surface area contributed by atoms with Crippen LogP contribution in [0.3, 0.4) is 0 Å². The summed E-state index contributed by atoms with van der Waals surface area (Å²) in [6.45, 7) is 11.1. The summed E-state index contributed by atoms with van der Waals surface area (Å²) < 4.78 is 0. The summed E-state index contributed by atoms with van der Waals surface area (Å²) >= 11 is 0. The quantitative estimate of drug-likeness (QED) is 0.534. The van der Waals surface area contributed by atoms with Crippen molar-refractivity contribution in [3.8, 4) is 0 Å². The van der Waals surface area contributed by atoms with Gasteiger partial charge >= 0.3 is 0 Å². The zero-order chi connectivity index (χ0) is 11.0. The van der Waals surface area contributed by atoms with Gasteiger partial charge in [0.15, 0.2) is 0 Å². The Bertz CT molecular complexity index is 122. The van der Waals surface area contributed by atoms with Crippen molar-refractivity contribution in [3.05, 3.63) is 0 Å². The van der Waals surface area contributed by atoms with Gasteiger partial charge in [0.25, 0.3) is 0 Å². The first-order valence-electron chi connectivity index (χ1n) is 6.73. The van der Waals surface area contributed by atoms with Gasteiger partial charge in [0.1, 0.15) is 0 Å². The molecule has 0 aromatic heterocycles. The second-order valence-corrected chi connectivity index (χ2v) is 4.78. The van der Waals surface area contributed by atoms with Crippen LogP contribution in [0.2, 0.25) is 0 Å². The fraction of sp³-hybridized carbons (Fsp3) is 1.00. The highest BCUT2D eigenvalue weighted by Gasteiger charge is 2.43. The summed E-state index contributed by atoms with van der Waals surface area (Å²) in [6.07, 6.45) is 10.2. The number of rotatable bonds is 6. The lowest BCUT2D eigenvalue weighted by molar-refractivity contribution is 0.284. The highest BCUT2D eigenvalue weighted by Crippen LogP contribution is 2.54. The average molecular weight is 198 g/mol. The predicted molar refractivity (Wildman–Crippen MR) is 66.6 cm³/mol. The Morgan fingerprint density at radius 2 is 1.57 bits per heavy atom. The van der Waals surface area contributed by atoms with E-state index in [2.05, 4.69) is 20.8 Å². The van der Waals surface area contributed by atoms with Gasteiger partial charge in [-0.2, -0.15) is 0 Å². The van der Waals surface area contributed by atoms with Gasteiger partial charge in [-0.05, 0) is 30.6 Å². The van der Waals surface area contributed by atoms with Crippen LogP contribution in [-0.4, -0.2) is 0 Å². The second-order valence-electron chi connectivity index (χ2n) is 4.78. The molecule has 0 heteroatoms. The fourth-order valence-corrected chi connectivity index (χ4v) is 2.25. The van der Waals surface area contributed by atoms with Crippen LogP contribution < -0.4 is 0 Å². The molecule has 0 aromatic rings. The Morgan fingerprint density at radius 1 is 1.00 bits per heavy atom. The first kappa shape index (κ1) is 14.0. The normalized spacial score (nSPS) is 19.5. The summed E-state index contributed by atoms with van der Waals surface area (Å²) in [4.78, 5) is 0. The molecule has 1 aliphatic rings. The molecule has 0 amide bonds. The van der Waals surface area contributed by atoms with Crippen molar-refractivity contribution in [2.24, 2.45) is 11.3 Å². The van der Waals surface area contributed by atoms with Crippen LogP contribution in [-0.2, 0) is 0 Å². The minimum atomic E-state index is 0.769. The van der Waals surface area contributed by atoms with Crippen LogP contribution >= 0.6 is 0 Å². The van der Waals surface area contributed by atoms with Gasteiger partial charge in [0.2, 0.25) is 0 Å². The Hall–Kier alpha value is 0. The molecular formula is C14H30. The zero-order valence-electron chi connectivity index (χ0n) is 11.0. The molecule has 0 nitrogen and oxygen atoms in total. The van der Waals surface area contributed by atoms with Gasteiger partial charge < -0.3 is 0 Å². The van der Waals surface area contributed by atoms with Crippen molar-refractivity contribution in [1.82, 2.24) is 0 Å². The molecule has 1 atom stereocenters. The molecule has 0 aromatic carbocycles. The Labute approximate surface area is 91.5 Å². The SMILES string of the molecule is CC.CCCCC(CCC)C1(C)CC1. The van der Waals surface area contributed by atoms with Crippen LogP contribution in [0.15, 0.2) is 0 Å². The molecule has 1 aliphatic carbocycles. The molecule has 86 valence electrons. The summed E-state index contributed by atoms with van der Waals surface area (Å²) in [5.74, 6) is 1.04. The average Bonchev–Trinajstić information content (AvgIpc) is 2.95. The molecule has 0 bridgehead atoms. The minimum absolute atomic E-state index is 0.769. The fourth-order valence-electron chi connectivity index (χ4n) is 2.25. The lowest BCUT2D eigenvalue weighted by Gasteiger charge is -2.22. The van der Waals surface area contributed by atoms with E-state index in [0.717, 1.165) is 11.3 Å². The second kappa shape index (κ2) is 7.31. The van der Waals surface area contributed by atoms with Gasteiger partial charge in [-0.3, -0.25) is 0 Å². The third-order valence-electron chi connectivity index (χ3n) is 3.57. The number of unbranched alkanes of at least 4 members (excludes halogenated alkanes) is 1. The van der Waals surface area contributed by atoms with Gasteiger partial charge in [0.05, 0.1) is 0 Å². The Morgan fingerprint density at radius 3 is 1.93 bits per heavy atom. The van der Waals surface area contributed by atoms with Gasteiger partial charge in [-0.1, -0.05) is 60.3 Å². The van der Waals surface area contributed by atoms with Crippen molar-refractivity contribution >= 4 is 0 Å². The molecule has 1 unspecified atom stereocenters. The van der Waals surface area contributed by atoms with E-state index in [1.807, 2.05) is 13.8 Å². The first-order valence-corrected chi connectivity index (χ1v) is 6.73. The van der Waals surface area contributed by atoms with E-state index in [0.29, 0.717) is 0 Å². The molecule has 0 spiro atoms. The summed E-state index contributed by atoms with van der Waals surface area (Å²) in [5, 5.41) is 0. The maximum absolute atomic E-state index is 2.49. The lowest BCUT2D eigenvalue weighted by Crippen LogP contribution is -2.12. The standard InChI is InChI=1S/C12H24.C2H6/c1-4-6-8-11(7-5-2)12(3)9-10-12;1-2/h11H,4-10H2,1-3H3;1-2H3. The van der Waals surface area contributed by atoms with Crippen LogP contribution in [0.4, 0.5) is 0 Å².